The molecular formula is C13H17NO5. The number of aliphatic hydroxyl groups excluding tert-OH is 1. The van der Waals surface area contributed by atoms with Gasteiger partial charge in [0.2, 0.25) is 0 Å². The Balaban J connectivity index is 2.69. The van der Waals surface area contributed by atoms with E-state index in [4.69, 9.17) is 14.9 Å². The molecule has 0 saturated heterocycles. The van der Waals surface area contributed by atoms with Crippen molar-refractivity contribution >= 4 is 11.9 Å². The first kappa shape index (κ1) is 15.1. The molecule has 1 aromatic carbocycles. The van der Waals surface area contributed by atoms with Crippen molar-refractivity contribution in [2.45, 2.75) is 0 Å². The highest BCUT2D eigenvalue weighted by Gasteiger charge is 2.18. The Morgan fingerprint density at radius 3 is 2.42 bits per heavy atom. The average molecular weight is 267 g/mol. The number of benzene rings is 1. The Morgan fingerprint density at radius 1 is 1.21 bits per heavy atom. The molecule has 6 heteroatoms. The smallest absolute Gasteiger partial charge is 0.336 e. The van der Waals surface area contributed by atoms with E-state index in [1.54, 1.807) is 19.2 Å². The standard InChI is InChI=1S/C13H17NO5/c1-14(6-8-19-9-7-15)12(16)10-4-2-3-5-11(10)13(17)18/h2-5,15H,6-9H2,1H3,(H,17,18). The lowest BCUT2D eigenvalue weighted by molar-refractivity contribution is 0.0606. The van der Waals surface area contributed by atoms with Crippen LogP contribution >= 0.6 is 0 Å². The maximum absolute atomic E-state index is 12.1. The van der Waals surface area contributed by atoms with E-state index in [-0.39, 0.29) is 36.9 Å². The van der Waals surface area contributed by atoms with Crippen LogP contribution in [0.5, 0.6) is 0 Å². The van der Waals surface area contributed by atoms with Gasteiger partial charge in [0.05, 0.1) is 30.9 Å². The second kappa shape index (κ2) is 7.50. The van der Waals surface area contributed by atoms with Crippen LogP contribution in [0, 0.1) is 0 Å². The van der Waals surface area contributed by atoms with E-state index in [1.807, 2.05) is 0 Å². The van der Waals surface area contributed by atoms with Crippen LogP contribution in [0.25, 0.3) is 0 Å². The number of hydrogen-bond donors (Lipinski definition) is 2. The van der Waals surface area contributed by atoms with Gasteiger partial charge in [0.25, 0.3) is 5.91 Å². The zero-order valence-electron chi connectivity index (χ0n) is 10.7. The molecule has 1 aromatic rings. The Kier molecular flexibility index (Phi) is 5.98. The van der Waals surface area contributed by atoms with Gasteiger partial charge in [-0.1, -0.05) is 12.1 Å². The van der Waals surface area contributed by atoms with Gasteiger partial charge in [0.1, 0.15) is 0 Å². The van der Waals surface area contributed by atoms with Crippen molar-refractivity contribution in [3.05, 3.63) is 35.4 Å². The molecule has 0 aliphatic heterocycles. The number of aromatic carboxylic acids is 1. The second-order valence-electron chi connectivity index (χ2n) is 3.91. The fourth-order valence-corrected chi connectivity index (χ4v) is 1.53. The molecule has 0 saturated carbocycles. The minimum absolute atomic E-state index is 0.0179. The van der Waals surface area contributed by atoms with Gasteiger partial charge in [-0.2, -0.15) is 0 Å². The predicted molar refractivity (Wildman–Crippen MR) is 68.3 cm³/mol. The van der Waals surface area contributed by atoms with Crippen molar-refractivity contribution in [3.8, 4) is 0 Å². The van der Waals surface area contributed by atoms with Gasteiger partial charge in [-0.25, -0.2) is 4.79 Å². The zero-order chi connectivity index (χ0) is 14.3. The van der Waals surface area contributed by atoms with E-state index in [0.29, 0.717) is 6.54 Å². The first-order valence-electron chi connectivity index (χ1n) is 5.84. The summed E-state index contributed by atoms with van der Waals surface area (Å²) in [7, 11) is 1.57. The molecule has 0 unspecified atom stereocenters. The van der Waals surface area contributed by atoms with E-state index in [2.05, 4.69) is 0 Å². The van der Waals surface area contributed by atoms with Gasteiger partial charge >= 0.3 is 5.97 Å². The molecule has 1 amide bonds. The van der Waals surface area contributed by atoms with Crippen LogP contribution in [0.4, 0.5) is 0 Å². The molecule has 0 fully saturated rings. The topological polar surface area (TPSA) is 87.1 Å². The van der Waals surface area contributed by atoms with Crippen LogP contribution in [-0.2, 0) is 4.74 Å². The second-order valence-corrected chi connectivity index (χ2v) is 3.91. The molecule has 0 aliphatic rings. The van der Waals surface area contributed by atoms with Crippen molar-refractivity contribution in [1.29, 1.82) is 0 Å². The van der Waals surface area contributed by atoms with Crippen LogP contribution < -0.4 is 0 Å². The molecule has 0 bridgehead atoms. The minimum atomic E-state index is -1.13. The molecule has 2 N–H and O–H groups in total. The number of ether oxygens (including phenoxy) is 1. The van der Waals surface area contributed by atoms with Crippen LogP contribution in [0.3, 0.4) is 0 Å². The number of amides is 1. The number of carbonyl (C=O) groups excluding carboxylic acids is 1. The van der Waals surface area contributed by atoms with Gasteiger partial charge in [-0.3, -0.25) is 4.79 Å². The van der Waals surface area contributed by atoms with Crippen LogP contribution in [-0.4, -0.2) is 60.4 Å². The van der Waals surface area contributed by atoms with Gasteiger partial charge in [0, 0.05) is 13.6 Å². The van der Waals surface area contributed by atoms with Gasteiger partial charge in [0.15, 0.2) is 0 Å². The fourth-order valence-electron chi connectivity index (χ4n) is 1.53. The van der Waals surface area contributed by atoms with Crippen LogP contribution in [0.1, 0.15) is 20.7 Å². The van der Waals surface area contributed by atoms with E-state index in [1.165, 1.54) is 17.0 Å². The third kappa shape index (κ3) is 4.35. The summed E-state index contributed by atoms with van der Waals surface area (Å²) in [5.74, 6) is -1.50. The molecule has 0 spiro atoms. The van der Waals surface area contributed by atoms with Crippen molar-refractivity contribution in [3.63, 3.8) is 0 Å². The average Bonchev–Trinajstić information content (AvgIpc) is 2.42. The number of carboxylic acid groups (broad SMARTS) is 1. The molecular weight excluding hydrogens is 250 g/mol. The van der Waals surface area contributed by atoms with Crippen molar-refractivity contribution in [2.24, 2.45) is 0 Å². The lowest BCUT2D eigenvalue weighted by Gasteiger charge is -2.18. The maximum Gasteiger partial charge on any atom is 0.336 e. The molecule has 19 heavy (non-hydrogen) atoms. The summed E-state index contributed by atoms with van der Waals surface area (Å²) in [6, 6.07) is 6.07. The molecule has 0 heterocycles. The van der Waals surface area contributed by atoms with Crippen molar-refractivity contribution in [1.82, 2.24) is 4.90 Å². The molecule has 0 aliphatic carbocycles. The summed E-state index contributed by atoms with van der Waals surface area (Å²) in [5, 5.41) is 17.6. The minimum Gasteiger partial charge on any atom is -0.478 e. The third-order valence-electron chi connectivity index (χ3n) is 2.54. The molecule has 104 valence electrons. The van der Waals surface area contributed by atoms with Crippen molar-refractivity contribution in [2.75, 3.05) is 33.4 Å². The lowest BCUT2D eigenvalue weighted by atomic mass is 10.1. The summed E-state index contributed by atoms with van der Waals surface area (Å²) < 4.78 is 5.06. The Hall–Kier alpha value is -1.92. The summed E-state index contributed by atoms with van der Waals surface area (Å²) in [6.07, 6.45) is 0. The largest absolute Gasteiger partial charge is 0.478 e. The predicted octanol–water partition coefficient (Wildman–Crippen LogP) is 0.466. The zero-order valence-corrected chi connectivity index (χ0v) is 10.7. The number of carboxylic acids is 1. The number of likely N-dealkylation sites (N-methyl/N-ethyl adjacent to an activating group) is 1. The number of carbonyl (C=O) groups is 2. The number of nitrogens with zero attached hydrogens (tertiary/aromatic N) is 1. The van der Waals surface area contributed by atoms with Crippen LogP contribution in [0.2, 0.25) is 0 Å². The van der Waals surface area contributed by atoms with E-state index < -0.39 is 5.97 Å². The number of rotatable bonds is 7. The lowest BCUT2D eigenvalue weighted by Crippen LogP contribution is -2.31. The summed E-state index contributed by atoms with van der Waals surface area (Å²) in [6.45, 7) is 0.762. The van der Waals surface area contributed by atoms with Crippen LogP contribution in [0.15, 0.2) is 24.3 Å². The maximum atomic E-state index is 12.1. The first-order chi connectivity index (χ1) is 9.07. The highest BCUT2D eigenvalue weighted by Crippen LogP contribution is 2.11. The monoisotopic (exact) mass is 267 g/mol. The Morgan fingerprint density at radius 2 is 1.84 bits per heavy atom. The highest BCUT2D eigenvalue weighted by atomic mass is 16.5. The normalized spacial score (nSPS) is 10.2. The SMILES string of the molecule is CN(CCOCCO)C(=O)c1ccccc1C(=O)O. The molecule has 0 radical (unpaired) electrons. The Bertz CT molecular complexity index is 446. The fraction of sp³-hybridized carbons (Fsp3) is 0.385. The van der Waals surface area contributed by atoms with Gasteiger partial charge < -0.3 is 19.8 Å². The third-order valence-corrected chi connectivity index (χ3v) is 2.54. The number of aliphatic hydroxyl groups is 1. The number of hydrogen-bond acceptors (Lipinski definition) is 4. The summed E-state index contributed by atoms with van der Waals surface area (Å²) in [4.78, 5) is 24.5. The van der Waals surface area contributed by atoms with E-state index in [9.17, 15) is 9.59 Å². The van der Waals surface area contributed by atoms with E-state index in [0.717, 1.165) is 0 Å². The highest BCUT2D eigenvalue weighted by molar-refractivity contribution is 6.04. The molecule has 0 aromatic heterocycles. The molecule has 1 rings (SSSR count). The Labute approximate surface area is 111 Å². The van der Waals surface area contributed by atoms with Crippen molar-refractivity contribution < 1.29 is 24.5 Å². The van der Waals surface area contributed by atoms with Gasteiger partial charge in [-0.05, 0) is 12.1 Å². The summed E-state index contributed by atoms with van der Waals surface area (Å²) >= 11 is 0. The molecule has 0 atom stereocenters. The molecule has 6 nitrogen and oxygen atoms in total. The first-order valence-corrected chi connectivity index (χ1v) is 5.84. The van der Waals surface area contributed by atoms with Gasteiger partial charge in [-0.15, -0.1) is 0 Å². The quantitative estimate of drug-likeness (QED) is 0.701. The summed E-state index contributed by atoms with van der Waals surface area (Å²) in [5.41, 5.74) is 0.135. The van der Waals surface area contributed by atoms with E-state index >= 15 is 0 Å².